The van der Waals surface area contributed by atoms with Gasteiger partial charge in [0.05, 0.1) is 7.11 Å². The number of ether oxygens (including phenoxy) is 1. The van der Waals surface area contributed by atoms with Crippen LogP contribution in [0.2, 0.25) is 0 Å². The third-order valence-corrected chi connectivity index (χ3v) is 4.12. The van der Waals surface area contributed by atoms with Gasteiger partial charge in [-0.2, -0.15) is 0 Å². The maximum atomic E-state index is 5.45. The van der Waals surface area contributed by atoms with E-state index < -0.39 is 0 Å². The van der Waals surface area contributed by atoms with Gasteiger partial charge in [0.1, 0.15) is 11.6 Å². The maximum Gasteiger partial charge on any atom is 0.128 e. The lowest BCUT2D eigenvalue weighted by molar-refractivity contribution is 0.239. The van der Waals surface area contributed by atoms with Gasteiger partial charge in [0.15, 0.2) is 0 Å². The second kappa shape index (κ2) is 6.88. The van der Waals surface area contributed by atoms with Crippen molar-refractivity contribution < 1.29 is 4.74 Å². The van der Waals surface area contributed by atoms with Gasteiger partial charge < -0.3 is 4.74 Å². The lowest BCUT2D eigenvalue weighted by Crippen LogP contribution is -2.31. The number of hydrogen-bond donors (Lipinski definition) is 0. The average Bonchev–Trinajstić information content (AvgIpc) is 2.56. The number of benzene rings is 1. The van der Waals surface area contributed by atoms with E-state index in [1.54, 1.807) is 7.11 Å². The maximum absolute atomic E-state index is 5.45. The topological polar surface area (TPSA) is 38.2 Å². The normalized spacial score (nSPS) is 14.6. The largest absolute Gasteiger partial charge is 0.496 e. The van der Waals surface area contributed by atoms with Crippen LogP contribution in [0.4, 0.5) is 0 Å². The Bertz CT molecular complexity index is 642. The SMILES string of the molecule is CCCc1ncc2c(n1)CCN(Cc1ccccc1OC)C2. The molecule has 0 fully saturated rings. The van der Waals surface area contributed by atoms with Gasteiger partial charge in [0, 0.05) is 55.5 Å². The molecule has 0 atom stereocenters. The Balaban J connectivity index is 1.72. The average molecular weight is 297 g/mol. The van der Waals surface area contributed by atoms with Gasteiger partial charge in [-0.15, -0.1) is 0 Å². The molecule has 0 amide bonds. The van der Waals surface area contributed by atoms with Crippen molar-refractivity contribution in [3.05, 3.63) is 53.1 Å². The quantitative estimate of drug-likeness (QED) is 0.850. The molecule has 4 heteroatoms. The predicted octanol–water partition coefficient (Wildman–Crippen LogP) is 3.00. The van der Waals surface area contributed by atoms with Gasteiger partial charge in [-0.3, -0.25) is 4.90 Å². The third-order valence-electron chi connectivity index (χ3n) is 4.12. The van der Waals surface area contributed by atoms with Gasteiger partial charge in [-0.1, -0.05) is 25.1 Å². The highest BCUT2D eigenvalue weighted by Gasteiger charge is 2.19. The van der Waals surface area contributed by atoms with E-state index in [-0.39, 0.29) is 0 Å². The van der Waals surface area contributed by atoms with Crippen molar-refractivity contribution in [2.45, 2.75) is 39.3 Å². The van der Waals surface area contributed by atoms with E-state index >= 15 is 0 Å². The number of aromatic nitrogens is 2. The number of hydrogen-bond acceptors (Lipinski definition) is 4. The number of nitrogens with zero attached hydrogens (tertiary/aromatic N) is 3. The monoisotopic (exact) mass is 297 g/mol. The molecule has 0 saturated heterocycles. The molecule has 2 heterocycles. The van der Waals surface area contributed by atoms with E-state index in [1.807, 2.05) is 18.3 Å². The molecule has 2 aromatic rings. The number of rotatable bonds is 5. The molecule has 22 heavy (non-hydrogen) atoms. The van der Waals surface area contributed by atoms with Crippen LogP contribution in [0.15, 0.2) is 30.5 Å². The standard InChI is InChI=1S/C18H23N3O/c1-3-6-18-19-11-15-13-21(10-9-16(15)20-18)12-14-7-4-5-8-17(14)22-2/h4-5,7-8,11H,3,6,9-10,12-13H2,1-2H3. The Labute approximate surface area is 132 Å². The van der Waals surface area contributed by atoms with Gasteiger partial charge in [0.25, 0.3) is 0 Å². The predicted molar refractivity (Wildman–Crippen MR) is 86.8 cm³/mol. The molecule has 0 N–H and O–H groups in total. The number of fused-ring (bicyclic) bond motifs is 1. The lowest BCUT2D eigenvalue weighted by Gasteiger charge is -2.28. The summed E-state index contributed by atoms with van der Waals surface area (Å²) in [6.45, 7) is 5.02. The van der Waals surface area contributed by atoms with E-state index in [0.29, 0.717) is 0 Å². The third kappa shape index (κ3) is 3.28. The number of methoxy groups -OCH3 is 1. The van der Waals surface area contributed by atoms with Gasteiger partial charge >= 0.3 is 0 Å². The molecule has 0 unspecified atom stereocenters. The summed E-state index contributed by atoms with van der Waals surface area (Å²) in [6, 6.07) is 8.23. The molecule has 3 rings (SSSR count). The summed E-state index contributed by atoms with van der Waals surface area (Å²) in [6.07, 6.45) is 5.09. The van der Waals surface area contributed by atoms with E-state index in [9.17, 15) is 0 Å². The number of aryl methyl sites for hydroxylation is 1. The molecule has 1 aliphatic heterocycles. The van der Waals surface area contributed by atoms with Crippen molar-refractivity contribution in [3.8, 4) is 5.75 Å². The molecule has 0 aliphatic carbocycles. The highest BCUT2D eigenvalue weighted by Crippen LogP contribution is 2.23. The fourth-order valence-electron chi connectivity index (χ4n) is 2.97. The fourth-order valence-corrected chi connectivity index (χ4v) is 2.97. The molecule has 0 spiro atoms. The molecule has 4 nitrogen and oxygen atoms in total. The molecule has 116 valence electrons. The first-order valence-corrected chi connectivity index (χ1v) is 7.98. The highest BCUT2D eigenvalue weighted by atomic mass is 16.5. The molecule has 1 aliphatic rings. The van der Waals surface area contributed by atoms with Crippen molar-refractivity contribution in [1.82, 2.24) is 14.9 Å². The Hall–Kier alpha value is -1.94. The Morgan fingerprint density at radius 2 is 2.14 bits per heavy atom. The van der Waals surface area contributed by atoms with E-state index in [2.05, 4.69) is 28.9 Å². The van der Waals surface area contributed by atoms with Gasteiger partial charge in [0.2, 0.25) is 0 Å². The van der Waals surface area contributed by atoms with Gasteiger partial charge in [-0.05, 0) is 12.5 Å². The summed E-state index contributed by atoms with van der Waals surface area (Å²) < 4.78 is 5.45. The van der Waals surface area contributed by atoms with Crippen LogP contribution in [0, 0.1) is 0 Å². The first-order chi connectivity index (χ1) is 10.8. The van der Waals surface area contributed by atoms with Crippen LogP contribution in [-0.2, 0) is 25.9 Å². The second-order valence-electron chi connectivity index (χ2n) is 5.78. The van der Waals surface area contributed by atoms with Crippen LogP contribution in [-0.4, -0.2) is 28.5 Å². The van der Waals surface area contributed by atoms with E-state index in [0.717, 1.165) is 50.5 Å². The minimum absolute atomic E-state index is 0.903. The van der Waals surface area contributed by atoms with Crippen LogP contribution in [0.3, 0.4) is 0 Å². The summed E-state index contributed by atoms with van der Waals surface area (Å²) in [5.74, 6) is 1.95. The zero-order valence-corrected chi connectivity index (χ0v) is 13.4. The first-order valence-electron chi connectivity index (χ1n) is 7.98. The minimum atomic E-state index is 0.903. The van der Waals surface area contributed by atoms with Crippen molar-refractivity contribution in [2.75, 3.05) is 13.7 Å². The molecular weight excluding hydrogens is 274 g/mol. The summed E-state index contributed by atoms with van der Waals surface area (Å²) in [4.78, 5) is 11.6. The highest BCUT2D eigenvalue weighted by molar-refractivity contribution is 5.33. The van der Waals surface area contributed by atoms with Crippen LogP contribution in [0.25, 0.3) is 0 Å². The smallest absolute Gasteiger partial charge is 0.128 e. The van der Waals surface area contributed by atoms with Gasteiger partial charge in [-0.25, -0.2) is 9.97 Å². The molecule has 0 bridgehead atoms. The Morgan fingerprint density at radius 3 is 2.95 bits per heavy atom. The van der Waals surface area contributed by atoms with Crippen LogP contribution in [0.1, 0.15) is 36.0 Å². The summed E-state index contributed by atoms with van der Waals surface area (Å²) in [5, 5.41) is 0. The Morgan fingerprint density at radius 1 is 1.27 bits per heavy atom. The number of para-hydroxylation sites is 1. The molecule has 1 aromatic carbocycles. The van der Waals surface area contributed by atoms with Crippen molar-refractivity contribution in [2.24, 2.45) is 0 Å². The van der Waals surface area contributed by atoms with E-state index in [1.165, 1.54) is 16.8 Å². The molecule has 0 saturated carbocycles. The molecule has 1 aromatic heterocycles. The van der Waals surface area contributed by atoms with Crippen molar-refractivity contribution in [1.29, 1.82) is 0 Å². The fraction of sp³-hybridized carbons (Fsp3) is 0.444. The van der Waals surface area contributed by atoms with Crippen LogP contribution in [0.5, 0.6) is 5.75 Å². The van der Waals surface area contributed by atoms with Crippen LogP contribution >= 0.6 is 0 Å². The summed E-state index contributed by atoms with van der Waals surface area (Å²) in [5.41, 5.74) is 3.73. The molecular formula is C18H23N3O. The second-order valence-corrected chi connectivity index (χ2v) is 5.78. The lowest BCUT2D eigenvalue weighted by atomic mass is 10.1. The van der Waals surface area contributed by atoms with Crippen LogP contribution < -0.4 is 4.74 Å². The summed E-state index contributed by atoms with van der Waals surface area (Å²) in [7, 11) is 1.73. The molecule has 0 radical (unpaired) electrons. The summed E-state index contributed by atoms with van der Waals surface area (Å²) >= 11 is 0. The first kappa shape index (κ1) is 15.0. The zero-order chi connectivity index (χ0) is 15.4. The van der Waals surface area contributed by atoms with Crippen molar-refractivity contribution in [3.63, 3.8) is 0 Å². The zero-order valence-electron chi connectivity index (χ0n) is 13.4. The van der Waals surface area contributed by atoms with E-state index in [4.69, 9.17) is 9.72 Å². The van der Waals surface area contributed by atoms with Crippen molar-refractivity contribution >= 4 is 0 Å². The Kier molecular flexibility index (Phi) is 4.68. The minimum Gasteiger partial charge on any atom is -0.496 e.